The molecule has 2 aromatic rings. The zero-order chi connectivity index (χ0) is 12.3. The number of benzene rings is 1. The van der Waals surface area contributed by atoms with Crippen LogP contribution in [0.1, 0.15) is 5.56 Å². The first kappa shape index (κ1) is 11.7. The molecule has 1 aromatic carbocycles. The lowest BCUT2D eigenvalue weighted by molar-refractivity contribution is 0.618. The van der Waals surface area contributed by atoms with E-state index in [1.165, 1.54) is 30.1 Å². The van der Waals surface area contributed by atoms with E-state index in [-0.39, 0.29) is 11.4 Å². The number of thioether (sulfide) groups is 1. The van der Waals surface area contributed by atoms with Gasteiger partial charge in [-0.3, -0.25) is 4.79 Å². The number of aromatic nitrogens is 2. The molecule has 0 fully saturated rings. The molecule has 0 aliphatic heterocycles. The van der Waals surface area contributed by atoms with E-state index in [4.69, 9.17) is 5.73 Å². The van der Waals surface area contributed by atoms with Crippen molar-refractivity contribution in [2.24, 2.45) is 0 Å². The predicted molar refractivity (Wildman–Crippen MR) is 65.2 cm³/mol. The van der Waals surface area contributed by atoms with Crippen LogP contribution in [0, 0.1) is 5.82 Å². The third-order valence-electron chi connectivity index (χ3n) is 2.09. The molecule has 0 spiro atoms. The number of nitrogens with one attached hydrogen (secondary N) is 1. The molecule has 0 aliphatic carbocycles. The molecule has 0 atom stereocenters. The van der Waals surface area contributed by atoms with Crippen molar-refractivity contribution in [1.82, 2.24) is 9.97 Å². The fourth-order valence-corrected chi connectivity index (χ4v) is 2.09. The SMILES string of the molecule is Nc1ccc(CSc2nccc(=O)[nH]2)c(F)c1. The number of hydrogen-bond acceptors (Lipinski definition) is 4. The van der Waals surface area contributed by atoms with E-state index in [0.717, 1.165) is 0 Å². The second-order valence-corrected chi connectivity index (χ2v) is 4.34. The Morgan fingerprint density at radius 1 is 1.41 bits per heavy atom. The maximum atomic E-state index is 13.4. The van der Waals surface area contributed by atoms with Gasteiger partial charge in [0.25, 0.3) is 5.56 Å². The summed E-state index contributed by atoms with van der Waals surface area (Å²) in [6, 6.07) is 5.86. The first-order chi connectivity index (χ1) is 8.15. The topological polar surface area (TPSA) is 71.8 Å². The Labute approximate surface area is 101 Å². The van der Waals surface area contributed by atoms with Crippen molar-refractivity contribution in [2.45, 2.75) is 10.9 Å². The molecule has 1 aromatic heterocycles. The van der Waals surface area contributed by atoms with Crippen LogP contribution in [0.3, 0.4) is 0 Å². The largest absolute Gasteiger partial charge is 0.399 e. The summed E-state index contributed by atoms with van der Waals surface area (Å²) in [4.78, 5) is 17.5. The van der Waals surface area contributed by atoms with E-state index in [9.17, 15) is 9.18 Å². The van der Waals surface area contributed by atoms with Gasteiger partial charge in [-0.05, 0) is 17.7 Å². The lowest BCUT2D eigenvalue weighted by Gasteiger charge is -2.03. The smallest absolute Gasteiger partial charge is 0.251 e. The molecule has 6 heteroatoms. The monoisotopic (exact) mass is 251 g/mol. The lowest BCUT2D eigenvalue weighted by Crippen LogP contribution is -2.05. The van der Waals surface area contributed by atoms with Gasteiger partial charge in [-0.25, -0.2) is 9.37 Å². The molecule has 3 N–H and O–H groups in total. The van der Waals surface area contributed by atoms with Gasteiger partial charge in [0.1, 0.15) is 5.82 Å². The highest BCUT2D eigenvalue weighted by molar-refractivity contribution is 7.98. The number of aromatic amines is 1. The highest BCUT2D eigenvalue weighted by Gasteiger charge is 2.04. The fraction of sp³-hybridized carbons (Fsp3) is 0.0909. The molecule has 17 heavy (non-hydrogen) atoms. The number of nitrogen functional groups attached to an aromatic ring is 1. The zero-order valence-corrected chi connectivity index (χ0v) is 9.63. The average molecular weight is 251 g/mol. The maximum Gasteiger partial charge on any atom is 0.251 e. The Bertz CT molecular complexity index is 585. The summed E-state index contributed by atoms with van der Waals surface area (Å²) in [7, 11) is 0. The minimum Gasteiger partial charge on any atom is -0.399 e. The molecule has 0 aliphatic rings. The van der Waals surface area contributed by atoms with Crippen LogP contribution in [-0.4, -0.2) is 9.97 Å². The van der Waals surface area contributed by atoms with Crippen LogP contribution in [0.2, 0.25) is 0 Å². The molecule has 0 saturated heterocycles. The number of anilines is 1. The molecule has 2 rings (SSSR count). The highest BCUT2D eigenvalue weighted by Crippen LogP contribution is 2.21. The normalized spacial score (nSPS) is 10.4. The Balaban J connectivity index is 2.10. The minimum absolute atomic E-state index is 0.222. The van der Waals surface area contributed by atoms with Crippen molar-refractivity contribution in [3.05, 3.63) is 52.2 Å². The van der Waals surface area contributed by atoms with E-state index in [1.807, 2.05) is 0 Å². The van der Waals surface area contributed by atoms with Gasteiger partial charge in [0.2, 0.25) is 0 Å². The summed E-state index contributed by atoms with van der Waals surface area (Å²) in [5.74, 6) is 0.0368. The van der Waals surface area contributed by atoms with Crippen molar-refractivity contribution in [3.63, 3.8) is 0 Å². The molecule has 1 heterocycles. The average Bonchev–Trinajstić information content (AvgIpc) is 2.28. The summed E-state index contributed by atoms with van der Waals surface area (Å²) in [6.07, 6.45) is 1.42. The van der Waals surface area contributed by atoms with Gasteiger partial charge < -0.3 is 10.7 Å². The van der Waals surface area contributed by atoms with E-state index in [1.54, 1.807) is 12.1 Å². The third kappa shape index (κ3) is 3.07. The number of nitrogens with two attached hydrogens (primary N) is 1. The third-order valence-corrected chi connectivity index (χ3v) is 3.03. The van der Waals surface area contributed by atoms with Crippen molar-refractivity contribution in [2.75, 3.05) is 5.73 Å². The molecule has 4 nitrogen and oxygen atoms in total. The molecule has 0 bridgehead atoms. The Morgan fingerprint density at radius 3 is 2.94 bits per heavy atom. The summed E-state index contributed by atoms with van der Waals surface area (Å²) in [6.45, 7) is 0. The summed E-state index contributed by atoms with van der Waals surface area (Å²) < 4.78 is 13.4. The maximum absolute atomic E-state index is 13.4. The van der Waals surface area contributed by atoms with Gasteiger partial charge in [-0.2, -0.15) is 0 Å². The fourth-order valence-electron chi connectivity index (χ4n) is 1.25. The number of H-pyrrole nitrogens is 1. The number of halogens is 1. The summed E-state index contributed by atoms with van der Waals surface area (Å²) >= 11 is 1.26. The van der Waals surface area contributed by atoms with Crippen molar-refractivity contribution in [3.8, 4) is 0 Å². The second kappa shape index (κ2) is 5.01. The number of hydrogen-bond donors (Lipinski definition) is 2. The molecule has 0 radical (unpaired) electrons. The number of nitrogens with zero attached hydrogens (tertiary/aromatic N) is 1. The predicted octanol–water partition coefficient (Wildman–Crippen LogP) is 1.78. The van der Waals surface area contributed by atoms with Crippen LogP contribution >= 0.6 is 11.8 Å². The van der Waals surface area contributed by atoms with E-state index < -0.39 is 0 Å². The molecule has 88 valence electrons. The van der Waals surface area contributed by atoms with Crippen LogP contribution in [-0.2, 0) is 5.75 Å². The van der Waals surface area contributed by atoms with Gasteiger partial charge >= 0.3 is 0 Å². The van der Waals surface area contributed by atoms with E-state index in [0.29, 0.717) is 22.2 Å². The van der Waals surface area contributed by atoms with Gasteiger partial charge in [-0.15, -0.1) is 0 Å². The van der Waals surface area contributed by atoms with Gasteiger partial charge in [-0.1, -0.05) is 17.8 Å². The molecule has 0 saturated carbocycles. The molecular formula is C11H10FN3OS. The Kier molecular flexibility index (Phi) is 3.43. The standard InChI is InChI=1S/C11H10FN3OS/c12-9-5-8(13)2-1-7(9)6-17-11-14-4-3-10(16)15-11/h1-5H,6,13H2,(H,14,15,16). The van der Waals surface area contributed by atoms with Gasteiger partial charge in [0, 0.05) is 23.7 Å². The molecule has 0 unspecified atom stereocenters. The lowest BCUT2D eigenvalue weighted by atomic mass is 10.2. The minimum atomic E-state index is -0.351. The van der Waals surface area contributed by atoms with Crippen molar-refractivity contribution < 1.29 is 4.39 Å². The Hall–Kier alpha value is -1.82. The van der Waals surface area contributed by atoms with Crippen LogP contribution in [0.15, 0.2) is 40.4 Å². The first-order valence-electron chi connectivity index (χ1n) is 4.87. The second-order valence-electron chi connectivity index (χ2n) is 3.38. The van der Waals surface area contributed by atoms with Gasteiger partial charge in [0.15, 0.2) is 5.16 Å². The van der Waals surface area contributed by atoms with Crippen molar-refractivity contribution in [1.29, 1.82) is 0 Å². The molecule has 0 amide bonds. The summed E-state index contributed by atoms with van der Waals surface area (Å²) in [5, 5.41) is 0.466. The quantitative estimate of drug-likeness (QED) is 0.495. The summed E-state index contributed by atoms with van der Waals surface area (Å²) in [5.41, 5.74) is 6.14. The van der Waals surface area contributed by atoms with Crippen molar-refractivity contribution >= 4 is 17.4 Å². The van der Waals surface area contributed by atoms with E-state index in [2.05, 4.69) is 9.97 Å². The van der Waals surface area contributed by atoms with Gasteiger partial charge in [0.05, 0.1) is 0 Å². The zero-order valence-electron chi connectivity index (χ0n) is 8.81. The van der Waals surface area contributed by atoms with Crippen LogP contribution in [0.25, 0.3) is 0 Å². The first-order valence-corrected chi connectivity index (χ1v) is 5.86. The van der Waals surface area contributed by atoms with E-state index >= 15 is 0 Å². The van der Waals surface area contributed by atoms with Crippen LogP contribution in [0.5, 0.6) is 0 Å². The molecular weight excluding hydrogens is 241 g/mol. The number of rotatable bonds is 3. The van der Waals surface area contributed by atoms with Crippen LogP contribution in [0.4, 0.5) is 10.1 Å². The Morgan fingerprint density at radius 2 is 2.24 bits per heavy atom. The van der Waals surface area contributed by atoms with Crippen LogP contribution < -0.4 is 11.3 Å². The highest BCUT2D eigenvalue weighted by atomic mass is 32.2.